The monoisotopic (exact) mass is 309 g/mol. The van der Waals surface area contributed by atoms with Crippen molar-refractivity contribution >= 4 is 11.7 Å². The molecule has 0 aliphatic carbocycles. The molecule has 1 atom stereocenters. The molecule has 23 heavy (non-hydrogen) atoms. The molecule has 1 aliphatic rings. The summed E-state index contributed by atoms with van der Waals surface area (Å²) in [6, 6.07) is 16.2. The van der Waals surface area contributed by atoms with E-state index in [0.29, 0.717) is 19.4 Å². The second-order valence-electron chi connectivity index (χ2n) is 5.85. The van der Waals surface area contributed by atoms with Crippen molar-refractivity contribution in [3.8, 4) is 5.75 Å². The van der Waals surface area contributed by atoms with Crippen LogP contribution in [0, 0.1) is 0 Å². The first kappa shape index (κ1) is 15.3. The van der Waals surface area contributed by atoms with Crippen molar-refractivity contribution in [2.75, 3.05) is 6.54 Å². The quantitative estimate of drug-likeness (QED) is 0.948. The van der Waals surface area contributed by atoms with E-state index >= 15 is 0 Å². The van der Waals surface area contributed by atoms with Crippen LogP contribution < -0.4 is 0 Å². The van der Waals surface area contributed by atoms with Gasteiger partial charge in [0.1, 0.15) is 11.5 Å². The van der Waals surface area contributed by atoms with Crippen LogP contribution in [0.4, 0.5) is 0 Å². The van der Waals surface area contributed by atoms with Crippen LogP contribution in [0.3, 0.4) is 0 Å². The van der Waals surface area contributed by atoms with E-state index in [-0.39, 0.29) is 29.9 Å². The van der Waals surface area contributed by atoms with Gasteiger partial charge in [0, 0.05) is 19.4 Å². The van der Waals surface area contributed by atoms with Crippen LogP contribution in [-0.4, -0.2) is 28.2 Å². The Kier molecular flexibility index (Phi) is 4.42. The molecule has 1 fully saturated rings. The molecule has 1 saturated heterocycles. The van der Waals surface area contributed by atoms with E-state index in [0.717, 1.165) is 11.1 Å². The number of nitrogens with zero attached hydrogens (tertiary/aromatic N) is 1. The number of carbonyl (C=O) groups excluding carboxylic acids is 2. The highest BCUT2D eigenvalue weighted by atomic mass is 16.3. The number of hydrogen-bond acceptors (Lipinski definition) is 3. The number of carbonyl (C=O) groups is 2. The first-order valence-electron chi connectivity index (χ1n) is 7.77. The Hall–Kier alpha value is -2.62. The third kappa shape index (κ3) is 3.59. The molecule has 1 amide bonds. The summed E-state index contributed by atoms with van der Waals surface area (Å²) in [5, 5.41) is 9.33. The first-order valence-corrected chi connectivity index (χ1v) is 7.77. The predicted molar refractivity (Wildman–Crippen MR) is 86.9 cm³/mol. The fourth-order valence-corrected chi connectivity index (χ4v) is 2.99. The Bertz CT molecular complexity index is 694. The van der Waals surface area contributed by atoms with E-state index in [1.807, 2.05) is 35.2 Å². The number of phenolic OH excluding ortho intramolecular Hbond substituents is 1. The third-order valence-electron chi connectivity index (χ3n) is 4.23. The van der Waals surface area contributed by atoms with Gasteiger partial charge >= 0.3 is 0 Å². The minimum absolute atomic E-state index is 0.0112. The lowest BCUT2D eigenvalue weighted by molar-refractivity contribution is -0.137. The van der Waals surface area contributed by atoms with Crippen molar-refractivity contribution in [3.63, 3.8) is 0 Å². The summed E-state index contributed by atoms with van der Waals surface area (Å²) < 4.78 is 0. The summed E-state index contributed by atoms with van der Waals surface area (Å²) in [5.41, 5.74) is 1.86. The lowest BCUT2D eigenvalue weighted by atomic mass is 9.93. The van der Waals surface area contributed by atoms with Crippen LogP contribution in [0.5, 0.6) is 5.75 Å². The van der Waals surface area contributed by atoms with Crippen molar-refractivity contribution in [3.05, 3.63) is 65.7 Å². The van der Waals surface area contributed by atoms with Crippen molar-refractivity contribution in [1.82, 2.24) is 4.90 Å². The molecular formula is C19H19NO3. The summed E-state index contributed by atoms with van der Waals surface area (Å²) in [4.78, 5) is 26.3. The molecule has 2 aromatic rings. The van der Waals surface area contributed by atoms with Gasteiger partial charge in [0.25, 0.3) is 0 Å². The molecule has 2 aromatic carbocycles. The van der Waals surface area contributed by atoms with Crippen LogP contribution in [-0.2, 0) is 16.0 Å². The molecule has 1 heterocycles. The van der Waals surface area contributed by atoms with Gasteiger partial charge in [-0.25, -0.2) is 0 Å². The molecule has 0 radical (unpaired) electrons. The summed E-state index contributed by atoms with van der Waals surface area (Å²) in [6.07, 6.45) is 1.08. The van der Waals surface area contributed by atoms with E-state index < -0.39 is 0 Å². The SMILES string of the molecule is O=C1CCN(C(=O)Cc2ccc(O)cc2)C(c2ccccc2)C1. The van der Waals surface area contributed by atoms with Crippen molar-refractivity contribution in [2.24, 2.45) is 0 Å². The van der Waals surface area contributed by atoms with Gasteiger partial charge in [0.05, 0.1) is 12.5 Å². The Morgan fingerprint density at radius 1 is 1.09 bits per heavy atom. The molecular weight excluding hydrogens is 290 g/mol. The Balaban J connectivity index is 1.79. The zero-order chi connectivity index (χ0) is 16.2. The minimum Gasteiger partial charge on any atom is -0.508 e. The van der Waals surface area contributed by atoms with Gasteiger partial charge in [-0.15, -0.1) is 0 Å². The Morgan fingerprint density at radius 2 is 1.78 bits per heavy atom. The largest absolute Gasteiger partial charge is 0.508 e. The summed E-state index contributed by atoms with van der Waals surface area (Å²) >= 11 is 0. The van der Waals surface area contributed by atoms with Gasteiger partial charge in [0.15, 0.2) is 0 Å². The van der Waals surface area contributed by atoms with Crippen LogP contribution in [0.25, 0.3) is 0 Å². The average Bonchev–Trinajstić information content (AvgIpc) is 2.57. The maximum Gasteiger partial charge on any atom is 0.227 e. The van der Waals surface area contributed by atoms with Gasteiger partial charge in [0.2, 0.25) is 5.91 Å². The maximum atomic E-state index is 12.7. The second-order valence-corrected chi connectivity index (χ2v) is 5.85. The highest BCUT2D eigenvalue weighted by Crippen LogP contribution is 2.29. The van der Waals surface area contributed by atoms with E-state index in [1.54, 1.807) is 24.3 Å². The number of piperidine rings is 1. The highest BCUT2D eigenvalue weighted by molar-refractivity contribution is 5.85. The number of ketones is 1. The Labute approximate surface area is 135 Å². The average molecular weight is 309 g/mol. The van der Waals surface area contributed by atoms with Gasteiger partial charge in [-0.3, -0.25) is 9.59 Å². The molecule has 3 rings (SSSR count). The molecule has 4 nitrogen and oxygen atoms in total. The number of hydrogen-bond donors (Lipinski definition) is 1. The van der Waals surface area contributed by atoms with Gasteiger partial charge < -0.3 is 10.0 Å². The summed E-state index contributed by atoms with van der Waals surface area (Å²) in [5.74, 6) is 0.400. The number of phenols is 1. The number of rotatable bonds is 3. The van der Waals surface area contributed by atoms with Crippen molar-refractivity contribution < 1.29 is 14.7 Å². The standard InChI is InChI=1S/C19H19NO3/c21-16-8-6-14(7-9-16)12-19(23)20-11-10-17(22)13-18(20)15-4-2-1-3-5-15/h1-9,18,21H,10-13H2. The third-order valence-corrected chi connectivity index (χ3v) is 4.23. The fraction of sp³-hybridized carbons (Fsp3) is 0.263. The molecule has 118 valence electrons. The van der Waals surface area contributed by atoms with Crippen LogP contribution in [0.15, 0.2) is 54.6 Å². The van der Waals surface area contributed by atoms with Gasteiger partial charge in [-0.2, -0.15) is 0 Å². The molecule has 1 aliphatic heterocycles. The predicted octanol–water partition coefficient (Wildman–Crippen LogP) is 2.87. The molecule has 1 unspecified atom stereocenters. The Morgan fingerprint density at radius 3 is 2.48 bits per heavy atom. The summed E-state index contributed by atoms with van der Waals surface area (Å²) in [7, 11) is 0. The molecule has 0 spiro atoms. The topological polar surface area (TPSA) is 57.6 Å². The van der Waals surface area contributed by atoms with Crippen LogP contribution in [0.1, 0.15) is 30.0 Å². The highest BCUT2D eigenvalue weighted by Gasteiger charge is 2.31. The smallest absolute Gasteiger partial charge is 0.227 e. The van der Waals surface area contributed by atoms with E-state index in [4.69, 9.17) is 0 Å². The van der Waals surface area contributed by atoms with Crippen molar-refractivity contribution in [1.29, 1.82) is 0 Å². The van der Waals surface area contributed by atoms with Gasteiger partial charge in [-0.05, 0) is 23.3 Å². The number of amides is 1. The fourth-order valence-electron chi connectivity index (χ4n) is 2.99. The molecule has 4 heteroatoms. The van der Waals surface area contributed by atoms with Crippen LogP contribution >= 0.6 is 0 Å². The molecule has 0 bridgehead atoms. The van der Waals surface area contributed by atoms with Crippen molar-refractivity contribution in [2.45, 2.75) is 25.3 Å². The lowest BCUT2D eigenvalue weighted by Crippen LogP contribution is -2.42. The maximum absolute atomic E-state index is 12.7. The number of Topliss-reactive ketones (excluding diaryl/α,β-unsaturated/α-hetero) is 1. The summed E-state index contributed by atoms with van der Waals surface area (Å²) in [6.45, 7) is 0.468. The zero-order valence-electron chi connectivity index (χ0n) is 12.8. The molecule has 1 N–H and O–H groups in total. The molecule has 0 saturated carbocycles. The van der Waals surface area contributed by atoms with E-state index in [1.165, 1.54) is 0 Å². The normalized spacial score (nSPS) is 18.0. The number of aromatic hydroxyl groups is 1. The first-order chi connectivity index (χ1) is 11.1. The molecule has 0 aromatic heterocycles. The zero-order valence-corrected chi connectivity index (χ0v) is 12.8. The lowest BCUT2D eigenvalue weighted by Gasteiger charge is -2.35. The number of benzene rings is 2. The van der Waals surface area contributed by atoms with E-state index in [9.17, 15) is 14.7 Å². The second kappa shape index (κ2) is 6.65. The number of likely N-dealkylation sites (tertiary alicyclic amines) is 1. The van der Waals surface area contributed by atoms with Gasteiger partial charge in [-0.1, -0.05) is 42.5 Å². The van der Waals surface area contributed by atoms with E-state index in [2.05, 4.69) is 0 Å². The minimum atomic E-state index is -0.179. The van der Waals surface area contributed by atoms with Crippen LogP contribution in [0.2, 0.25) is 0 Å².